The second-order valence-electron chi connectivity index (χ2n) is 8.33. The molecule has 3 fully saturated rings. The van der Waals surface area contributed by atoms with Crippen molar-refractivity contribution in [2.75, 3.05) is 19.8 Å². The summed E-state index contributed by atoms with van der Waals surface area (Å²) in [4.78, 5) is 0. The Morgan fingerprint density at radius 3 is 1.50 bits per heavy atom. The van der Waals surface area contributed by atoms with Crippen molar-refractivity contribution < 1.29 is 79.9 Å². The molecule has 0 aromatic carbocycles. The molecule has 0 amide bonds. The molecule has 3 aliphatic heterocycles. The molecule has 0 saturated carbocycles. The first-order valence-corrected chi connectivity index (χ1v) is 10.6. The van der Waals surface area contributed by atoms with E-state index in [1.54, 1.807) is 0 Å². The predicted molar refractivity (Wildman–Crippen MR) is 101 cm³/mol. The van der Waals surface area contributed by atoms with Gasteiger partial charge in [0, 0.05) is 0 Å². The van der Waals surface area contributed by atoms with Gasteiger partial charge < -0.3 is 79.9 Å². The minimum absolute atomic E-state index is 0.759. The predicted octanol–water partition coefficient (Wildman–Crippen LogP) is -7.57. The maximum atomic E-state index is 10.8. The summed E-state index contributed by atoms with van der Waals surface area (Å²) in [5, 5.41) is 109. The van der Waals surface area contributed by atoms with Crippen LogP contribution in [-0.4, -0.2) is 168 Å². The average molecular weight is 504 g/mol. The van der Waals surface area contributed by atoms with Crippen molar-refractivity contribution in [3.63, 3.8) is 0 Å². The maximum Gasteiger partial charge on any atom is 0.187 e. The van der Waals surface area contributed by atoms with Gasteiger partial charge in [-0.2, -0.15) is 0 Å². The maximum absolute atomic E-state index is 10.8. The zero-order chi connectivity index (χ0) is 25.3. The summed E-state index contributed by atoms with van der Waals surface area (Å²) in [7, 11) is 0. The highest BCUT2D eigenvalue weighted by Crippen LogP contribution is 2.32. The zero-order valence-electron chi connectivity index (χ0n) is 17.7. The molecule has 0 aliphatic carbocycles. The van der Waals surface area contributed by atoms with E-state index in [2.05, 4.69) is 0 Å². The summed E-state index contributed by atoms with van der Waals surface area (Å²) in [6, 6.07) is 0. The Balaban J connectivity index is 1.78. The number of aliphatic hydroxyl groups is 11. The summed E-state index contributed by atoms with van der Waals surface area (Å²) >= 11 is 0. The molecule has 200 valence electrons. The Bertz CT molecular complexity index is 637. The van der Waals surface area contributed by atoms with Crippen LogP contribution in [0.4, 0.5) is 0 Å². The molecule has 3 rings (SSSR count). The molecule has 11 N–H and O–H groups in total. The molecule has 3 aliphatic rings. The van der Waals surface area contributed by atoms with Gasteiger partial charge in [0.25, 0.3) is 0 Å². The lowest BCUT2D eigenvalue weighted by atomic mass is 9.96. The molecule has 0 aromatic rings. The fourth-order valence-corrected chi connectivity index (χ4v) is 4.05. The third kappa shape index (κ3) is 5.37. The first kappa shape index (κ1) is 27.9. The largest absolute Gasteiger partial charge is 0.394 e. The van der Waals surface area contributed by atoms with Crippen molar-refractivity contribution in [3.8, 4) is 0 Å². The van der Waals surface area contributed by atoms with E-state index in [4.69, 9.17) is 23.7 Å². The Hall–Kier alpha value is -0.640. The summed E-state index contributed by atoms with van der Waals surface area (Å²) in [5.74, 6) is 0. The molecule has 15 atom stereocenters. The fraction of sp³-hybridized carbons (Fsp3) is 1.00. The van der Waals surface area contributed by atoms with Crippen molar-refractivity contribution in [2.24, 2.45) is 0 Å². The van der Waals surface area contributed by atoms with Crippen LogP contribution in [0.15, 0.2) is 0 Å². The van der Waals surface area contributed by atoms with E-state index in [1.165, 1.54) is 0 Å². The van der Waals surface area contributed by atoms with Crippen molar-refractivity contribution in [3.05, 3.63) is 0 Å². The van der Waals surface area contributed by atoms with Gasteiger partial charge in [-0.1, -0.05) is 0 Å². The van der Waals surface area contributed by atoms with Gasteiger partial charge in [0.15, 0.2) is 18.9 Å². The van der Waals surface area contributed by atoms with Gasteiger partial charge in [0.2, 0.25) is 0 Å². The zero-order valence-corrected chi connectivity index (χ0v) is 17.7. The van der Waals surface area contributed by atoms with E-state index in [0.717, 1.165) is 0 Å². The quantitative estimate of drug-likeness (QED) is 0.154. The first-order valence-electron chi connectivity index (χ1n) is 10.6. The summed E-state index contributed by atoms with van der Waals surface area (Å²) < 4.78 is 26.4. The molecule has 0 radical (unpaired) electrons. The van der Waals surface area contributed by atoms with Crippen LogP contribution in [0.3, 0.4) is 0 Å². The molecule has 0 bridgehead atoms. The minimum atomic E-state index is -1.90. The monoisotopic (exact) mass is 504 g/mol. The number of hydrogen-bond donors (Lipinski definition) is 11. The molecular weight excluding hydrogens is 472 g/mol. The first-order chi connectivity index (χ1) is 16.0. The summed E-state index contributed by atoms with van der Waals surface area (Å²) in [5.41, 5.74) is 0. The molecule has 0 spiro atoms. The Labute approximate surface area is 192 Å². The van der Waals surface area contributed by atoms with Crippen LogP contribution in [0.25, 0.3) is 0 Å². The smallest absolute Gasteiger partial charge is 0.187 e. The second-order valence-corrected chi connectivity index (χ2v) is 8.33. The van der Waals surface area contributed by atoms with E-state index in [0.29, 0.717) is 0 Å². The van der Waals surface area contributed by atoms with Gasteiger partial charge in [-0.3, -0.25) is 0 Å². The SMILES string of the molecule is OC[C@H]1O[C@@H](O[C@H]2[C@@H](O)[C@@H](CO)O[C@@H](O[C@H]3[C@H](O)[C@@H](O)[C@@H](O)O[C@@H]3CO)[C@@H]2O)[C@H](O)[C@@H](O)[C@H]1O. The molecule has 0 aromatic heterocycles. The number of aliphatic hydroxyl groups excluding tert-OH is 11. The van der Waals surface area contributed by atoms with Crippen molar-refractivity contribution in [2.45, 2.75) is 92.1 Å². The van der Waals surface area contributed by atoms with E-state index in [1.807, 2.05) is 0 Å². The summed E-state index contributed by atoms with van der Waals surface area (Å²) in [6.45, 7) is -2.34. The second kappa shape index (κ2) is 11.6. The molecule has 16 nitrogen and oxygen atoms in total. The lowest BCUT2D eigenvalue weighted by Gasteiger charge is -2.47. The highest BCUT2D eigenvalue weighted by Gasteiger charge is 2.53. The Morgan fingerprint density at radius 1 is 0.441 bits per heavy atom. The van der Waals surface area contributed by atoms with Crippen molar-refractivity contribution in [1.82, 2.24) is 0 Å². The fourth-order valence-electron chi connectivity index (χ4n) is 4.05. The van der Waals surface area contributed by atoms with Gasteiger partial charge in [-0.15, -0.1) is 0 Å². The van der Waals surface area contributed by atoms with Gasteiger partial charge in [-0.05, 0) is 0 Å². The third-order valence-corrected chi connectivity index (χ3v) is 6.09. The lowest BCUT2D eigenvalue weighted by Crippen LogP contribution is -2.66. The highest BCUT2D eigenvalue weighted by molar-refractivity contribution is 4.96. The third-order valence-electron chi connectivity index (χ3n) is 6.09. The molecule has 3 saturated heterocycles. The van der Waals surface area contributed by atoms with Gasteiger partial charge >= 0.3 is 0 Å². The van der Waals surface area contributed by atoms with Crippen LogP contribution in [0.5, 0.6) is 0 Å². The van der Waals surface area contributed by atoms with Crippen LogP contribution in [-0.2, 0) is 23.7 Å². The van der Waals surface area contributed by atoms with Crippen LogP contribution >= 0.6 is 0 Å². The Kier molecular flexibility index (Phi) is 9.54. The van der Waals surface area contributed by atoms with Crippen LogP contribution in [0.1, 0.15) is 0 Å². The highest BCUT2D eigenvalue weighted by atomic mass is 16.7. The number of rotatable bonds is 7. The van der Waals surface area contributed by atoms with Gasteiger partial charge in [-0.25, -0.2) is 0 Å². The van der Waals surface area contributed by atoms with E-state index >= 15 is 0 Å². The molecule has 0 unspecified atom stereocenters. The van der Waals surface area contributed by atoms with Crippen LogP contribution < -0.4 is 0 Å². The Morgan fingerprint density at radius 2 is 0.941 bits per heavy atom. The topological polar surface area (TPSA) is 269 Å². The van der Waals surface area contributed by atoms with E-state index in [-0.39, 0.29) is 0 Å². The van der Waals surface area contributed by atoms with Crippen molar-refractivity contribution >= 4 is 0 Å². The number of hydrogen-bond acceptors (Lipinski definition) is 16. The average Bonchev–Trinajstić information content (AvgIpc) is 2.83. The molecular formula is C18H32O16. The van der Waals surface area contributed by atoms with Crippen LogP contribution in [0, 0.1) is 0 Å². The molecule has 3 heterocycles. The minimum Gasteiger partial charge on any atom is -0.394 e. The van der Waals surface area contributed by atoms with E-state index in [9.17, 15) is 56.2 Å². The molecule has 16 heteroatoms. The lowest BCUT2D eigenvalue weighted by molar-refractivity contribution is -0.378. The molecule has 34 heavy (non-hydrogen) atoms. The van der Waals surface area contributed by atoms with Gasteiger partial charge in [0.05, 0.1) is 19.8 Å². The van der Waals surface area contributed by atoms with E-state index < -0.39 is 112 Å². The van der Waals surface area contributed by atoms with Crippen LogP contribution in [0.2, 0.25) is 0 Å². The summed E-state index contributed by atoms with van der Waals surface area (Å²) in [6.07, 6.45) is -25.4. The normalized spacial score (nSPS) is 52.5. The van der Waals surface area contributed by atoms with Crippen molar-refractivity contribution in [1.29, 1.82) is 0 Å². The number of ether oxygens (including phenoxy) is 5. The van der Waals surface area contributed by atoms with Gasteiger partial charge in [0.1, 0.15) is 73.2 Å². The standard InChI is InChI=1S/C18H32O16/c19-1-4-7(22)9(24)12(27)17(31-4)34-15-8(23)5(2-20)32-18(13(15)28)33-14-6(3-21)30-16(29)11(26)10(14)25/h4-29H,1-3H2/t4-,5-,6-,7+,8+,9+,10-,11-,12-,13-,14-,15+,16+,17+,18+/m1/s1.